The second kappa shape index (κ2) is 7.13. The Morgan fingerprint density at radius 2 is 1.76 bits per heavy atom. The van der Waals surface area contributed by atoms with E-state index in [1.807, 2.05) is 55.4 Å². The molecule has 0 spiro atoms. The van der Waals surface area contributed by atoms with E-state index in [0.29, 0.717) is 18.5 Å². The van der Waals surface area contributed by atoms with Crippen molar-refractivity contribution < 1.29 is 9.18 Å². The zero-order valence-electron chi connectivity index (χ0n) is 17.1. The van der Waals surface area contributed by atoms with Gasteiger partial charge >= 0.3 is 0 Å². The lowest BCUT2D eigenvalue weighted by atomic mass is 9.75. The molecule has 4 saturated heterocycles. The molecule has 0 N–H and O–H groups in total. The highest BCUT2D eigenvalue weighted by Gasteiger charge is 2.54. The molecule has 0 unspecified atom stereocenters. The standard InChI is InChI=1S/C24H28FN3O/c1-26(2)20-5-3-4-18(14-20)24(29)28-15-21(16-6-8-19(25)9-7-16)23-22(28)17-10-12-27(23)13-11-17/h3-9,14,17,21-23H,10-13,15H2,1-2H3/t21-,22+,23+/m0/s1. The zero-order valence-corrected chi connectivity index (χ0v) is 17.1. The highest BCUT2D eigenvalue weighted by atomic mass is 19.1. The molecule has 29 heavy (non-hydrogen) atoms. The first-order valence-electron chi connectivity index (χ1n) is 10.6. The molecular weight excluding hydrogens is 365 g/mol. The van der Waals surface area contributed by atoms with E-state index in [0.717, 1.165) is 29.9 Å². The van der Waals surface area contributed by atoms with Crippen LogP contribution in [0.1, 0.15) is 34.7 Å². The molecule has 4 aliphatic heterocycles. The molecule has 152 valence electrons. The lowest BCUT2D eigenvalue weighted by molar-refractivity contribution is -0.00340. The van der Waals surface area contributed by atoms with Crippen molar-refractivity contribution in [1.29, 1.82) is 0 Å². The Morgan fingerprint density at radius 1 is 1.03 bits per heavy atom. The second-order valence-electron chi connectivity index (χ2n) is 8.91. The van der Waals surface area contributed by atoms with Crippen molar-refractivity contribution >= 4 is 11.6 Å². The molecule has 3 atom stereocenters. The van der Waals surface area contributed by atoms with Gasteiger partial charge in [0.2, 0.25) is 0 Å². The van der Waals surface area contributed by atoms with Gasteiger partial charge in [0.25, 0.3) is 5.91 Å². The van der Waals surface area contributed by atoms with Crippen molar-refractivity contribution in [2.24, 2.45) is 5.92 Å². The number of anilines is 1. The Kier molecular flexibility index (Phi) is 4.58. The van der Waals surface area contributed by atoms with Gasteiger partial charge in [0.15, 0.2) is 0 Å². The summed E-state index contributed by atoms with van der Waals surface area (Å²) in [4.78, 5) is 20.3. The SMILES string of the molecule is CN(C)c1cccc(C(=O)N2C[C@@H](c3ccc(F)cc3)[C@@H]3[C@H]2C2CCN3CC2)c1. The Bertz CT molecular complexity index is 905. The third kappa shape index (κ3) is 3.12. The Hall–Kier alpha value is -2.40. The van der Waals surface area contributed by atoms with Crippen LogP contribution in [0.15, 0.2) is 48.5 Å². The summed E-state index contributed by atoms with van der Waals surface area (Å²) in [7, 11) is 3.99. The van der Waals surface area contributed by atoms with Crippen molar-refractivity contribution in [3.63, 3.8) is 0 Å². The molecule has 4 fully saturated rings. The van der Waals surface area contributed by atoms with Crippen molar-refractivity contribution in [3.05, 3.63) is 65.5 Å². The smallest absolute Gasteiger partial charge is 0.254 e. The Morgan fingerprint density at radius 3 is 2.45 bits per heavy atom. The molecular formula is C24H28FN3O. The van der Waals surface area contributed by atoms with Crippen LogP contribution in [0, 0.1) is 11.7 Å². The number of piperidine rings is 3. The third-order valence-corrected chi connectivity index (χ3v) is 7.16. The van der Waals surface area contributed by atoms with Gasteiger partial charge in [-0.3, -0.25) is 9.69 Å². The van der Waals surface area contributed by atoms with Crippen molar-refractivity contribution in [3.8, 4) is 0 Å². The number of amides is 1. The van der Waals surface area contributed by atoms with Gasteiger partial charge in [0, 0.05) is 43.9 Å². The summed E-state index contributed by atoms with van der Waals surface area (Å²) in [5.74, 6) is 0.727. The monoisotopic (exact) mass is 393 g/mol. The van der Waals surface area contributed by atoms with Crippen LogP contribution in [-0.4, -0.2) is 61.5 Å². The van der Waals surface area contributed by atoms with Gasteiger partial charge < -0.3 is 9.80 Å². The maximum Gasteiger partial charge on any atom is 0.254 e. The van der Waals surface area contributed by atoms with Gasteiger partial charge in [-0.15, -0.1) is 0 Å². The molecule has 2 aromatic rings. The normalized spacial score (nSPS) is 30.3. The average molecular weight is 394 g/mol. The van der Waals surface area contributed by atoms with Crippen LogP contribution in [0.2, 0.25) is 0 Å². The number of hydrogen-bond donors (Lipinski definition) is 0. The fourth-order valence-corrected chi connectivity index (χ4v) is 5.74. The number of rotatable bonds is 3. The predicted molar refractivity (Wildman–Crippen MR) is 113 cm³/mol. The van der Waals surface area contributed by atoms with E-state index in [1.165, 1.54) is 12.8 Å². The molecule has 0 saturated carbocycles. The number of fused-ring (bicyclic) bond motifs is 2. The van der Waals surface area contributed by atoms with E-state index in [9.17, 15) is 9.18 Å². The summed E-state index contributed by atoms with van der Waals surface area (Å²) in [6.07, 6.45) is 2.33. The molecule has 0 radical (unpaired) electrons. The minimum absolute atomic E-state index is 0.127. The Labute approximate surface area is 171 Å². The van der Waals surface area contributed by atoms with Gasteiger partial charge in [-0.05, 0) is 67.7 Å². The molecule has 5 heteroatoms. The summed E-state index contributed by atoms with van der Waals surface area (Å²) >= 11 is 0. The molecule has 2 aromatic carbocycles. The quantitative estimate of drug-likeness (QED) is 0.797. The number of hydrogen-bond acceptors (Lipinski definition) is 3. The first-order chi connectivity index (χ1) is 14.0. The minimum Gasteiger partial charge on any atom is -0.378 e. The Balaban J connectivity index is 1.50. The minimum atomic E-state index is -0.206. The maximum absolute atomic E-state index is 13.6. The molecule has 2 bridgehead atoms. The van der Waals surface area contributed by atoms with Crippen LogP contribution in [0.5, 0.6) is 0 Å². The van der Waals surface area contributed by atoms with E-state index in [-0.39, 0.29) is 23.7 Å². The first kappa shape index (κ1) is 18.6. The first-order valence-corrected chi connectivity index (χ1v) is 10.6. The van der Waals surface area contributed by atoms with E-state index >= 15 is 0 Å². The van der Waals surface area contributed by atoms with Crippen LogP contribution in [0.25, 0.3) is 0 Å². The van der Waals surface area contributed by atoms with Crippen LogP contribution in [0.3, 0.4) is 0 Å². The highest BCUT2D eigenvalue weighted by Crippen LogP contribution is 2.47. The number of carbonyl (C=O) groups is 1. The van der Waals surface area contributed by atoms with Crippen LogP contribution >= 0.6 is 0 Å². The van der Waals surface area contributed by atoms with Gasteiger partial charge in [0.1, 0.15) is 5.82 Å². The molecule has 1 amide bonds. The summed E-state index contributed by atoms with van der Waals surface area (Å²) in [5, 5.41) is 0. The summed E-state index contributed by atoms with van der Waals surface area (Å²) < 4.78 is 13.5. The number of halogens is 1. The average Bonchev–Trinajstić information content (AvgIpc) is 3.17. The van der Waals surface area contributed by atoms with Crippen molar-refractivity contribution in [2.75, 3.05) is 38.6 Å². The molecule has 4 nitrogen and oxygen atoms in total. The summed E-state index contributed by atoms with van der Waals surface area (Å²) in [5.41, 5.74) is 2.94. The van der Waals surface area contributed by atoms with Crippen molar-refractivity contribution in [1.82, 2.24) is 9.80 Å². The van der Waals surface area contributed by atoms with Crippen LogP contribution < -0.4 is 4.90 Å². The van der Waals surface area contributed by atoms with Gasteiger partial charge in [-0.2, -0.15) is 0 Å². The lowest BCUT2D eigenvalue weighted by Crippen LogP contribution is -2.60. The molecule has 4 heterocycles. The molecule has 6 rings (SSSR count). The number of carbonyl (C=O) groups excluding carboxylic acids is 1. The molecule has 4 aliphatic rings. The number of likely N-dealkylation sites (tertiary alicyclic amines) is 1. The topological polar surface area (TPSA) is 26.8 Å². The maximum atomic E-state index is 13.6. The highest BCUT2D eigenvalue weighted by molar-refractivity contribution is 5.95. The second-order valence-corrected chi connectivity index (χ2v) is 8.91. The predicted octanol–water partition coefficient (Wildman–Crippen LogP) is 3.59. The van der Waals surface area contributed by atoms with E-state index in [2.05, 4.69) is 9.80 Å². The fourth-order valence-electron chi connectivity index (χ4n) is 5.74. The zero-order chi connectivity index (χ0) is 20.1. The number of nitrogens with zero attached hydrogens (tertiary/aromatic N) is 3. The molecule has 0 aliphatic carbocycles. The largest absolute Gasteiger partial charge is 0.378 e. The van der Waals surface area contributed by atoms with E-state index < -0.39 is 0 Å². The summed E-state index contributed by atoms with van der Waals surface area (Å²) in [6.45, 7) is 2.93. The van der Waals surface area contributed by atoms with Gasteiger partial charge in [-0.1, -0.05) is 18.2 Å². The van der Waals surface area contributed by atoms with Gasteiger partial charge in [-0.25, -0.2) is 4.39 Å². The lowest BCUT2D eigenvalue weighted by Gasteiger charge is -2.51. The van der Waals surface area contributed by atoms with E-state index in [4.69, 9.17) is 0 Å². The third-order valence-electron chi connectivity index (χ3n) is 7.16. The van der Waals surface area contributed by atoms with Crippen LogP contribution in [0.4, 0.5) is 10.1 Å². The van der Waals surface area contributed by atoms with Crippen molar-refractivity contribution in [2.45, 2.75) is 30.8 Å². The van der Waals surface area contributed by atoms with Gasteiger partial charge in [0.05, 0.1) is 6.04 Å². The number of benzene rings is 2. The molecule has 0 aromatic heterocycles. The van der Waals surface area contributed by atoms with Crippen LogP contribution in [-0.2, 0) is 0 Å². The summed E-state index contributed by atoms with van der Waals surface area (Å²) in [6, 6.07) is 15.4. The van der Waals surface area contributed by atoms with E-state index in [1.54, 1.807) is 12.1 Å². The fraction of sp³-hybridized carbons (Fsp3) is 0.458.